The first kappa shape index (κ1) is 20.9. The van der Waals surface area contributed by atoms with Crippen LogP contribution in [0.25, 0.3) is 0 Å². The molecule has 27 heavy (non-hydrogen) atoms. The number of rotatable bonds is 7. The normalized spacial score (nSPS) is 16.0. The number of piperazine rings is 1. The molecule has 1 aromatic rings. The summed E-state index contributed by atoms with van der Waals surface area (Å²) in [5, 5.41) is 10.4. The zero-order chi connectivity index (χ0) is 20.0. The van der Waals surface area contributed by atoms with Gasteiger partial charge in [0.05, 0.1) is 6.54 Å². The molecule has 2 heterocycles. The first-order valence-corrected chi connectivity index (χ1v) is 9.40. The van der Waals surface area contributed by atoms with Crippen LogP contribution >= 0.6 is 0 Å². The second-order valence-electron chi connectivity index (χ2n) is 6.78. The van der Waals surface area contributed by atoms with Crippen molar-refractivity contribution in [3.63, 3.8) is 0 Å². The van der Waals surface area contributed by atoms with Crippen LogP contribution in [0.15, 0.2) is 14.6 Å². The highest BCUT2D eigenvalue weighted by atomic mass is 16.3. The Morgan fingerprint density at radius 2 is 1.81 bits per heavy atom. The van der Waals surface area contributed by atoms with Crippen molar-refractivity contribution in [1.82, 2.24) is 19.4 Å². The predicted molar refractivity (Wildman–Crippen MR) is 104 cm³/mol. The molecule has 2 rings (SSSR count). The summed E-state index contributed by atoms with van der Waals surface area (Å²) in [6.45, 7) is 9.75. The standard InChI is InChI=1S/C18H29N5O4/c1-4-5-7-23-17(26)15(16(25)20-18(23)27)13(2)19-6-8-21-9-11-22(12-10-21)14(3)24/h26H,4-12H2,1-3H3,(H,20,25,27). The van der Waals surface area contributed by atoms with Crippen molar-refractivity contribution >= 4 is 11.6 Å². The van der Waals surface area contributed by atoms with Crippen molar-refractivity contribution in [3.8, 4) is 5.88 Å². The third-order valence-electron chi connectivity index (χ3n) is 4.85. The van der Waals surface area contributed by atoms with Crippen LogP contribution in [-0.2, 0) is 11.3 Å². The van der Waals surface area contributed by atoms with E-state index in [1.54, 1.807) is 13.8 Å². The number of nitrogens with zero attached hydrogens (tertiary/aromatic N) is 4. The molecule has 2 N–H and O–H groups in total. The summed E-state index contributed by atoms with van der Waals surface area (Å²) < 4.78 is 1.18. The van der Waals surface area contributed by atoms with Gasteiger partial charge in [-0.2, -0.15) is 0 Å². The van der Waals surface area contributed by atoms with Crippen LogP contribution in [0.3, 0.4) is 0 Å². The van der Waals surface area contributed by atoms with Gasteiger partial charge < -0.3 is 10.0 Å². The van der Waals surface area contributed by atoms with Crippen molar-refractivity contribution in [2.45, 2.75) is 40.2 Å². The number of carbonyl (C=O) groups excluding carboxylic acids is 1. The number of H-pyrrole nitrogens is 1. The number of aromatic hydroxyl groups is 1. The Bertz CT molecular complexity index is 803. The molecule has 0 aromatic carbocycles. The number of unbranched alkanes of at least 4 members (excludes halogenated alkanes) is 1. The first-order valence-electron chi connectivity index (χ1n) is 9.40. The van der Waals surface area contributed by atoms with Gasteiger partial charge in [-0.1, -0.05) is 13.3 Å². The van der Waals surface area contributed by atoms with E-state index in [1.807, 2.05) is 11.8 Å². The molecule has 1 aliphatic heterocycles. The second-order valence-corrected chi connectivity index (χ2v) is 6.78. The molecule has 1 fully saturated rings. The number of amides is 1. The summed E-state index contributed by atoms with van der Waals surface area (Å²) in [6.07, 6.45) is 1.59. The maximum absolute atomic E-state index is 12.1. The fraction of sp³-hybridized carbons (Fsp3) is 0.667. The highest BCUT2D eigenvalue weighted by molar-refractivity contribution is 6.00. The van der Waals surface area contributed by atoms with Gasteiger partial charge in [-0.15, -0.1) is 0 Å². The minimum absolute atomic E-state index is 0.0482. The average Bonchev–Trinajstić information content (AvgIpc) is 2.61. The van der Waals surface area contributed by atoms with Gasteiger partial charge in [-0.3, -0.25) is 29.0 Å². The van der Waals surface area contributed by atoms with Crippen LogP contribution < -0.4 is 11.2 Å². The van der Waals surface area contributed by atoms with E-state index in [-0.39, 0.29) is 17.4 Å². The third-order valence-corrected chi connectivity index (χ3v) is 4.85. The van der Waals surface area contributed by atoms with Crippen LogP contribution in [0.2, 0.25) is 0 Å². The minimum atomic E-state index is -0.624. The van der Waals surface area contributed by atoms with E-state index >= 15 is 0 Å². The van der Waals surface area contributed by atoms with Crippen molar-refractivity contribution in [2.75, 3.05) is 39.3 Å². The Hall–Kier alpha value is -2.42. The Kier molecular flexibility index (Phi) is 7.35. The first-order chi connectivity index (χ1) is 12.8. The van der Waals surface area contributed by atoms with Crippen molar-refractivity contribution in [1.29, 1.82) is 0 Å². The van der Waals surface area contributed by atoms with E-state index in [2.05, 4.69) is 14.9 Å². The number of aromatic amines is 1. The molecule has 9 nitrogen and oxygen atoms in total. The van der Waals surface area contributed by atoms with Crippen LogP contribution in [0.4, 0.5) is 0 Å². The van der Waals surface area contributed by atoms with Crippen molar-refractivity contribution in [3.05, 3.63) is 26.4 Å². The monoisotopic (exact) mass is 379 g/mol. The molecule has 1 aromatic heterocycles. The largest absolute Gasteiger partial charge is 0.494 e. The van der Waals surface area contributed by atoms with Crippen LogP contribution in [0, 0.1) is 0 Å². The summed E-state index contributed by atoms with van der Waals surface area (Å²) in [4.78, 5) is 46.1. The minimum Gasteiger partial charge on any atom is -0.494 e. The molecule has 0 atom stereocenters. The fourth-order valence-electron chi connectivity index (χ4n) is 3.13. The Morgan fingerprint density at radius 3 is 2.41 bits per heavy atom. The molecule has 1 saturated heterocycles. The second kappa shape index (κ2) is 9.50. The zero-order valence-corrected chi connectivity index (χ0v) is 16.3. The predicted octanol–water partition coefficient (Wildman–Crippen LogP) is 0.0154. The fourth-order valence-corrected chi connectivity index (χ4v) is 3.13. The van der Waals surface area contributed by atoms with Crippen LogP contribution in [0.1, 0.15) is 39.2 Å². The number of hydrogen-bond donors (Lipinski definition) is 2. The van der Waals surface area contributed by atoms with Gasteiger partial charge in [-0.25, -0.2) is 4.79 Å². The SMILES string of the molecule is CCCCn1c(O)c(C(C)=NCCN2CCN(C(C)=O)CC2)c(=O)[nH]c1=O. The van der Waals surface area contributed by atoms with Crippen LogP contribution in [-0.4, -0.2) is 75.3 Å². The van der Waals surface area contributed by atoms with E-state index in [9.17, 15) is 19.5 Å². The summed E-state index contributed by atoms with van der Waals surface area (Å²) in [5.41, 5.74) is -0.777. The molecular formula is C18H29N5O4. The number of aliphatic imine (C=N–C) groups is 1. The van der Waals surface area contributed by atoms with Gasteiger partial charge in [-0.05, 0) is 13.3 Å². The molecule has 1 amide bonds. The van der Waals surface area contributed by atoms with E-state index < -0.39 is 11.2 Å². The highest BCUT2D eigenvalue weighted by Gasteiger charge is 2.19. The quantitative estimate of drug-likeness (QED) is 0.649. The van der Waals surface area contributed by atoms with Gasteiger partial charge in [0, 0.05) is 51.9 Å². The third kappa shape index (κ3) is 5.29. The summed E-state index contributed by atoms with van der Waals surface area (Å²) in [7, 11) is 0. The summed E-state index contributed by atoms with van der Waals surface area (Å²) >= 11 is 0. The number of hydrogen-bond acceptors (Lipinski definition) is 6. The van der Waals surface area contributed by atoms with E-state index in [1.165, 1.54) is 4.57 Å². The lowest BCUT2D eigenvalue weighted by Crippen LogP contribution is -2.48. The summed E-state index contributed by atoms with van der Waals surface area (Å²) in [5.74, 6) is -0.232. The molecule has 150 valence electrons. The van der Waals surface area contributed by atoms with E-state index in [4.69, 9.17) is 0 Å². The molecular weight excluding hydrogens is 350 g/mol. The number of carbonyl (C=O) groups is 1. The molecule has 9 heteroatoms. The zero-order valence-electron chi connectivity index (χ0n) is 16.3. The maximum Gasteiger partial charge on any atom is 0.331 e. The smallest absolute Gasteiger partial charge is 0.331 e. The van der Waals surface area contributed by atoms with E-state index in [0.29, 0.717) is 38.4 Å². The lowest BCUT2D eigenvalue weighted by molar-refractivity contribution is -0.130. The Morgan fingerprint density at radius 1 is 1.15 bits per heavy atom. The molecule has 0 unspecified atom stereocenters. The molecule has 0 bridgehead atoms. The molecule has 0 saturated carbocycles. The van der Waals surface area contributed by atoms with E-state index in [0.717, 1.165) is 25.9 Å². The van der Waals surface area contributed by atoms with Crippen molar-refractivity contribution < 1.29 is 9.90 Å². The van der Waals surface area contributed by atoms with Crippen molar-refractivity contribution in [2.24, 2.45) is 4.99 Å². The molecule has 0 aliphatic carbocycles. The topological polar surface area (TPSA) is 111 Å². The number of aromatic nitrogens is 2. The van der Waals surface area contributed by atoms with Gasteiger partial charge in [0.1, 0.15) is 5.56 Å². The molecule has 0 radical (unpaired) electrons. The van der Waals surface area contributed by atoms with Gasteiger partial charge in [0.25, 0.3) is 5.56 Å². The molecule has 0 spiro atoms. The van der Waals surface area contributed by atoms with Crippen LogP contribution in [0.5, 0.6) is 5.88 Å². The van der Waals surface area contributed by atoms with Gasteiger partial charge in [0.2, 0.25) is 11.8 Å². The Balaban J connectivity index is 2.04. The summed E-state index contributed by atoms with van der Waals surface area (Å²) in [6, 6.07) is 0. The number of nitrogens with one attached hydrogen (secondary N) is 1. The maximum atomic E-state index is 12.1. The van der Waals surface area contributed by atoms with Gasteiger partial charge >= 0.3 is 5.69 Å². The lowest BCUT2D eigenvalue weighted by atomic mass is 10.2. The average molecular weight is 379 g/mol. The lowest BCUT2D eigenvalue weighted by Gasteiger charge is -2.33. The molecule has 1 aliphatic rings. The van der Waals surface area contributed by atoms with Gasteiger partial charge in [0.15, 0.2) is 0 Å². The highest BCUT2D eigenvalue weighted by Crippen LogP contribution is 2.12. The Labute approximate surface area is 158 Å².